The van der Waals surface area contributed by atoms with E-state index in [-0.39, 0.29) is 53.9 Å². The van der Waals surface area contributed by atoms with Crippen LogP contribution < -0.4 is 10.6 Å². The molecule has 0 aromatic rings. The van der Waals surface area contributed by atoms with Crippen molar-refractivity contribution in [1.82, 2.24) is 20.4 Å². The fourth-order valence-electron chi connectivity index (χ4n) is 5.62. The standard InChI is InChI=1S/C25H39N5O5/c1-8-29(23(34)35-24(3,4)5)14(2)22(33)30-13-17-18(25(17,6)7)19(30)21(32)28-16(12-26)11-15-9-10-27-20(15)31/h14-19H,8-11,13H2,1-7H3,(H,27,31)(H,28,32)/t14-,15-,16-,17-,18-,19-/m0/s1. The summed E-state index contributed by atoms with van der Waals surface area (Å²) in [4.78, 5) is 54.6. The summed E-state index contributed by atoms with van der Waals surface area (Å²) in [5, 5.41) is 15.2. The average Bonchev–Trinajstić information content (AvgIpc) is 3.11. The molecular weight excluding hydrogens is 450 g/mol. The number of likely N-dealkylation sites (tertiary alicyclic amines) is 1. The van der Waals surface area contributed by atoms with Crippen molar-refractivity contribution in [3.63, 3.8) is 0 Å². The van der Waals surface area contributed by atoms with Gasteiger partial charge in [0.25, 0.3) is 0 Å². The first-order valence-corrected chi connectivity index (χ1v) is 12.5. The van der Waals surface area contributed by atoms with Gasteiger partial charge >= 0.3 is 6.09 Å². The van der Waals surface area contributed by atoms with Gasteiger partial charge in [-0.05, 0) is 64.7 Å². The van der Waals surface area contributed by atoms with Crippen LogP contribution in [0.3, 0.4) is 0 Å². The molecule has 0 aromatic heterocycles. The minimum atomic E-state index is -0.819. The van der Waals surface area contributed by atoms with Gasteiger partial charge in [-0.15, -0.1) is 0 Å². The molecule has 2 heterocycles. The van der Waals surface area contributed by atoms with Gasteiger partial charge in [0.15, 0.2) is 0 Å². The molecular formula is C25H39N5O5. The predicted molar refractivity (Wildman–Crippen MR) is 128 cm³/mol. The normalized spacial score (nSPS) is 28.3. The maximum atomic E-state index is 13.6. The third-order valence-electron chi connectivity index (χ3n) is 7.71. The zero-order valence-corrected chi connectivity index (χ0v) is 21.9. The van der Waals surface area contributed by atoms with E-state index in [1.807, 2.05) is 0 Å². The third kappa shape index (κ3) is 5.39. The number of nitrogens with one attached hydrogen (secondary N) is 2. The van der Waals surface area contributed by atoms with Crippen LogP contribution in [-0.2, 0) is 19.1 Å². The van der Waals surface area contributed by atoms with Crippen LogP contribution >= 0.6 is 0 Å². The molecule has 6 atom stereocenters. The second kappa shape index (κ2) is 9.67. The largest absolute Gasteiger partial charge is 0.444 e. The minimum absolute atomic E-state index is 0.0237. The number of nitrogens with zero attached hydrogens (tertiary/aromatic N) is 3. The summed E-state index contributed by atoms with van der Waals surface area (Å²) in [6.45, 7) is 14.2. The Kier molecular flexibility index (Phi) is 7.39. The van der Waals surface area contributed by atoms with Crippen LogP contribution in [0.5, 0.6) is 0 Å². The number of rotatable bonds is 7. The molecule has 0 radical (unpaired) electrons. The van der Waals surface area contributed by atoms with Crippen molar-refractivity contribution in [2.75, 3.05) is 19.6 Å². The van der Waals surface area contributed by atoms with E-state index in [2.05, 4.69) is 30.6 Å². The molecule has 2 N–H and O–H groups in total. The lowest BCUT2D eigenvalue weighted by molar-refractivity contribution is -0.144. The molecule has 2 saturated heterocycles. The molecule has 194 valence electrons. The molecule has 1 saturated carbocycles. The maximum absolute atomic E-state index is 13.6. The Bertz CT molecular complexity index is 920. The summed E-state index contributed by atoms with van der Waals surface area (Å²) >= 11 is 0. The van der Waals surface area contributed by atoms with Crippen molar-refractivity contribution in [2.45, 2.75) is 85.0 Å². The van der Waals surface area contributed by atoms with E-state index in [4.69, 9.17) is 4.74 Å². The molecule has 35 heavy (non-hydrogen) atoms. The number of fused-ring (bicyclic) bond motifs is 1. The molecule has 3 rings (SSSR count). The highest BCUT2D eigenvalue weighted by molar-refractivity contribution is 5.93. The molecule has 2 aliphatic heterocycles. The van der Waals surface area contributed by atoms with E-state index >= 15 is 0 Å². The van der Waals surface area contributed by atoms with E-state index < -0.39 is 29.8 Å². The Morgan fingerprint density at radius 3 is 2.51 bits per heavy atom. The minimum Gasteiger partial charge on any atom is -0.444 e. The van der Waals surface area contributed by atoms with Gasteiger partial charge in [-0.2, -0.15) is 5.26 Å². The Balaban J connectivity index is 1.74. The average molecular weight is 490 g/mol. The maximum Gasteiger partial charge on any atom is 0.410 e. The first-order chi connectivity index (χ1) is 16.2. The van der Waals surface area contributed by atoms with E-state index in [1.54, 1.807) is 39.5 Å². The number of carbonyl (C=O) groups excluding carboxylic acids is 4. The van der Waals surface area contributed by atoms with Crippen molar-refractivity contribution in [3.05, 3.63) is 0 Å². The number of amides is 4. The van der Waals surface area contributed by atoms with Gasteiger partial charge in [0.1, 0.15) is 23.7 Å². The number of likely N-dealkylation sites (N-methyl/N-ethyl adjacent to an activating group) is 1. The number of carbonyl (C=O) groups is 4. The molecule has 0 bridgehead atoms. The highest BCUT2D eigenvalue weighted by Crippen LogP contribution is 2.65. The fourth-order valence-corrected chi connectivity index (χ4v) is 5.62. The van der Waals surface area contributed by atoms with Gasteiger partial charge in [-0.3, -0.25) is 19.3 Å². The molecule has 0 aromatic carbocycles. The molecule has 0 unspecified atom stereocenters. The smallest absolute Gasteiger partial charge is 0.410 e. The highest BCUT2D eigenvalue weighted by atomic mass is 16.6. The van der Waals surface area contributed by atoms with Crippen LogP contribution in [0.15, 0.2) is 0 Å². The summed E-state index contributed by atoms with van der Waals surface area (Å²) in [5.74, 6) is -0.954. The van der Waals surface area contributed by atoms with Crippen LogP contribution in [0.25, 0.3) is 0 Å². The first kappa shape index (κ1) is 26.8. The summed E-state index contributed by atoms with van der Waals surface area (Å²) in [6.07, 6.45) is 0.296. The van der Waals surface area contributed by atoms with E-state index in [9.17, 15) is 24.4 Å². The number of hydrogen-bond donors (Lipinski definition) is 2. The lowest BCUT2D eigenvalue weighted by Crippen LogP contribution is -2.57. The van der Waals surface area contributed by atoms with Crippen LogP contribution in [0, 0.1) is 34.5 Å². The van der Waals surface area contributed by atoms with Gasteiger partial charge in [0.05, 0.1) is 6.07 Å². The molecule has 1 aliphatic carbocycles. The van der Waals surface area contributed by atoms with E-state index in [0.29, 0.717) is 19.5 Å². The van der Waals surface area contributed by atoms with Crippen molar-refractivity contribution in [3.8, 4) is 6.07 Å². The van der Waals surface area contributed by atoms with Gasteiger partial charge in [-0.1, -0.05) is 13.8 Å². The Hall–Kier alpha value is -2.83. The van der Waals surface area contributed by atoms with Gasteiger partial charge in [0.2, 0.25) is 17.7 Å². The number of nitriles is 1. The number of hydrogen-bond acceptors (Lipinski definition) is 6. The molecule has 0 spiro atoms. The van der Waals surface area contributed by atoms with Crippen LogP contribution in [0.4, 0.5) is 4.79 Å². The van der Waals surface area contributed by atoms with Gasteiger partial charge in [0, 0.05) is 25.6 Å². The van der Waals surface area contributed by atoms with E-state index in [0.717, 1.165) is 0 Å². The quantitative estimate of drug-likeness (QED) is 0.559. The summed E-state index contributed by atoms with van der Waals surface area (Å²) < 4.78 is 5.47. The summed E-state index contributed by atoms with van der Waals surface area (Å²) in [7, 11) is 0. The van der Waals surface area contributed by atoms with E-state index in [1.165, 1.54) is 4.90 Å². The number of ether oxygens (including phenoxy) is 1. The second-order valence-corrected chi connectivity index (χ2v) is 11.5. The summed E-state index contributed by atoms with van der Waals surface area (Å²) in [5.41, 5.74) is -0.789. The van der Waals surface area contributed by atoms with Crippen molar-refractivity contribution in [1.29, 1.82) is 5.26 Å². The third-order valence-corrected chi connectivity index (χ3v) is 7.71. The molecule has 10 heteroatoms. The molecule has 3 fully saturated rings. The highest BCUT2D eigenvalue weighted by Gasteiger charge is 2.69. The topological polar surface area (TPSA) is 132 Å². The lowest BCUT2D eigenvalue weighted by atomic mass is 9.97. The first-order valence-electron chi connectivity index (χ1n) is 12.5. The second-order valence-electron chi connectivity index (χ2n) is 11.5. The van der Waals surface area contributed by atoms with Gasteiger partial charge in [-0.25, -0.2) is 4.79 Å². The number of piperidine rings is 1. The molecule has 4 amide bonds. The monoisotopic (exact) mass is 489 g/mol. The van der Waals surface area contributed by atoms with Crippen LogP contribution in [0.2, 0.25) is 0 Å². The van der Waals surface area contributed by atoms with Gasteiger partial charge < -0.3 is 20.3 Å². The van der Waals surface area contributed by atoms with Crippen molar-refractivity contribution >= 4 is 23.8 Å². The van der Waals surface area contributed by atoms with Crippen molar-refractivity contribution in [2.24, 2.45) is 23.2 Å². The Morgan fingerprint density at radius 2 is 2.00 bits per heavy atom. The SMILES string of the molecule is CCN(C(=O)OC(C)(C)C)[C@@H](C)C(=O)N1C[C@H]2[C@@H]([C@H]1C(=O)N[C@H](C#N)C[C@@H]1CCNC1=O)C2(C)C. The zero-order chi connectivity index (χ0) is 26.3. The van der Waals surface area contributed by atoms with Crippen LogP contribution in [0.1, 0.15) is 61.3 Å². The van der Waals surface area contributed by atoms with Crippen molar-refractivity contribution < 1.29 is 23.9 Å². The molecule has 3 aliphatic rings. The summed E-state index contributed by atoms with van der Waals surface area (Å²) in [6, 6.07) is -0.252. The Labute approximate surface area is 207 Å². The lowest BCUT2D eigenvalue weighted by Gasteiger charge is -2.36. The predicted octanol–water partition coefficient (Wildman–Crippen LogP) is 1.65. The van der Waals surface area contributed by atoms with Crippen LogP contribution in [-0.4, -0.2) is 77.0 Å². The molecule has 10 nitrogen and oxygen atoms in total. The Morgan fingerprint density at radius 1 is 1.34 bits per heavy atom. The zero-order valence-electron chi connectivity index (χ0n) is 21.9. The fraction of sp³-hybridized carbons (Fsp3) is 0.800.